The quantitative estimate of drug-likeness (QED) is 0.324. The monoisotopic (exact) mass is 456 g/mol. The summed E-state index contributed by atoms with van der Waals surface area (Å²) in [6, 6.07) is 3.21. The zero-order valence-corrected chi connectivity index (χ0v) is 21.0. The van der Waals surface area contributed by atoms with Gasteiger partial charge in [-0.05, 0) is 91.7 Å². The van der Waals surface area contributed by atoms with Gasteiger partial charge in [-0.3, -0.25) is 0 Å². The van der Waals surface area contributed by atoms with Crippen LogP contribution in [0.15, 0.2) is 24.8 Å². The molecule has 33 heavy (non-hydrogen) atoms. The summed E-state index contributed by atoms with van der Waals surface area (Å²) in [5.74, 6) is 4.08. The Kier molecular flexibility index (Phi) is 9.05. The first-order valence-corrected chi connectivity index (χ1v) is 14.2. The standard InChI is InChI=1S/C31H46F2/c1-3-5-7-22-8-10-23(11-9-22)12-13-24-14-15-26-19-27(17-16-25(26)18-24)28-20-30(32)29(6-4-2)31(33)21-28/h4,20-27H,2-3,5-19H2,1H3. The molecule has 1 aromatic rings. The van der Waals surface area contributed by atoms with Crippen molar-refractivity contribution < 1.29 is 8.78 Å². The fourth-order valence-corrected chi connectivity index (χ4v) is 7.52. The molecule has 0 amide bonds. The minimum atomic E-state index is -0.393. The van der Waals surface area contributed by atoms with Crippen LogP contribution in [0.2, 0.25) is 0 Å². The van der Waals surface area contributed by atoms with Crippen LogP contribution in [0.25, 0.3) is 0 Å². The molecule has 4 atom stereocenters. The molecule has 3 fully saturated rings. The van der Waals surface area contributed by atoms with E-state index in [1.54, 1.807) is 18.2 Å². The van der Waals surface area contributed by atoms with Crippen LogP contribution in [0.5, 0.6) is 0 Å². The maximum absolute atomic E-state index is 14.5. The van der Waals surface area contributed by atoms with E-state index in [-0.39, 0.29) is 12.0 Å². The molecule has 0 spiro atoms. The van der Waals surface area contributed by atoms with Crippen LogP contribution >= 0.6 is 0 Å². The largest absolute Gasteiger partial charge is 0.207 e. The van der Waals surface area contributed by atoms with E-state index in [0.717, 1.165) is 48.0 Å². The Morgan fingerprint density at radius 2 is 1.36 bits per heavy atom. The third-order valence-electron chi connectivity index (χ3n) is 9.62. The van der Waals surface area contributed by atoms with Crippen molar-refractivity contribution in [2.75, 3.05) is 0 Å². The topological polar surface area (TPSA) is 0 Å². The zero-order chi connectivity index (χ0) is 23.2. The molecule has 3 saturated carbocycles. The number of unbranched alkanes of at least 4 members (excludes halogenated alkanes) is 1. The first-order valence-electron chi connectivity index (χ1n) is 14.2. The molecule has 4 unspecified atom stereocenters. The van der Waals surface area contributed by atoms with Crippen molar-refractivity contribution in [3.05, 3.63) is 47.5 Å². The average molecular weight is 457 g/mol. The van der Waals surface area contributed by atoms with Gasteiger partial charge in [0, 0.05) is 5.56 Å². The number of hydrogen-bond acceptors (Lipinski definition) is 0. The van der Waals surface area contributed by atoms with E-state index in [2.05, 4.69) is 13.5 Å². The Morgan fingerprint density at radius 3 is 2.03 bits per heavy atom. The summed E-state index contributed by atoms with van der Waals surface area (Å²) in [5, 5.41) is 0. The Bertz CT molecular complexity index is 737. The lowest BCUT2D eigenvalue weighted by molar-refractivity contribution is 0.108. The second-order valence-corrected chi connectivity index (χ2v) is 11.8. The first-order chi connectivity index (χ1) is 16.1. The highest BCUT2D eigenvalue weighted by molar-refractivity contribution is 5.30. The molecular weight excluding hydrogens is 410 g/mol. The fraction of sp³-hybridized carbons (Fsp3) is 0.742. The number of halogens is 2. The summed E-state index contributed by atoms with van der Waals surface area (Å²) in [6.07, 6.45) is 22.5. The molecule has 0 nitrogen and oxygen atoms in total. The van der Waals surface area contributed by atoms with Gasteiger partial charge in [-0.15, -0.1) is 6.58 Å². The molecule has 0 aromatic heterocycles. The molecule has 3 aliphatic rings. The smallest absolute Gasteiger partial charge is 0.129 e. The van der Waals surface area contributed by atoms with Crippen molar-refractivity contribution in [2.45, 2.75) is 116 Å². The predicted molar refractivity (Wildman–Crippen MR) is 135 cm³/mol. The van der Waals surface area contributed by atoms with Gasteiger partial charge in [0.25, 0.3) is 0 Å². The van der Waals surface area contributed by atoms with Crippen LogP contribution in [0.3, 0.4) is 0 Å². The first kappa shape index (κ1) is 24.9. The number of fused-ring (bicyclic) bond motifs is 1. The summed E-state index contributed by atoms with van der Waals surface area (Å²) in [6.45, 7) is 5.93. The van der Waals surface area contributed by atoms with E-state index in [4.69, 9.17) is 0 Å². The summed E-state index contributed by atoms with van der Waals surface area (Å²) in [7, 11) is 0. The van der Waals surface area contributed by atoms with Crippen molar-refractivity contribution in [1.82, 2.24) is 0 Å². The highest BCUT2D eigenvalue weighted by Crippen LogP contribution is 2.49. The molecule has 0 radical (unpaired) electrons. The second-order valence-electron chi connectivity index (χ2n) is 11.8. The van der Waals surface area contributed by atoms with Crippen molar-refractivity contribution >= 4 is 0 Å². The Hall–Kier alpha value is -1.18. The summed E-state index contributed by atoms with van der Waals surface area (Å²) in [5.41, 5.74) is 1.05. The minimum absolute atomic E-state index is 0.164. The van der Waals surface area contributed by atoms with Gasteiger partial charge in [0.2, 0.25) is 0 Å². The van der Waals surface area contributed by atoms with E-state index in [1.807, 2.05) is 0 Å². The Morgan fingerprint density at radius 1 is 0.788 bits per heavy atom. The molecule has 4 rings (SSSR count). The van der Waals surface area contributed by atoms with E-state index < -0.39 is 11.6 Å². The van der Waals surface area contributed by atoms with Gasteiger partial charge >= 0.3 is 0 Å². The predicted octanol–water partition coefficient (Wildman–Crippen LogP) is 9.77. The molecule has 0 saturated heterocycles. The lowest BCUT2D eigenvalue weighted by Gasteiger charge is -2.43. The van der Waals surface area contributed by atoms with Crippen LogP contribution in [0.4, 0.5) is 8.78 Å². The third-order valence-corrected chi connectivity index (χ3v) is 9.62. The maximum Gasteiger partial charge on any atom is 0.129 e. The van der Waals surface area contributed by atoms with E-state index in [1.165, 1.54) is 83.5 Å². The zero-order valence-electron chi connectivity index (χ0n) is 21.0. The van der Waals surface area contributed by atoms with Crippen LogP contribution in [0, 0.1) is 41.2 Å². The number of benzene rings is 1. The SMILES string of the molecule is C=CCc1c(F)cc(C2CCC3CC(CCC4CCC(CCCC)CC4)CCC3C2)cc1F. The van der Waals surface area contributed by atoms with Crippen LogP contribution < -0.4 is 0 Å². The number of hydrogen-bond donors (Lipinski definition) is 0. The van der Waals surface area contributed by atoms with Gasteiger partial charge in [0.05, 0.1) is 0 Å². The van der Waals surface area contributed by atoms with Gasteiger partial charge in [0.1, 0.15) is 11.6 Å². The second kappa shape index (κ2) is 12.0. The summed E-state index contributed by atoms with van der Waals surface area (Å²) >= 11 is 0. The fourth-order valence-electron chi connectivity index (χ4n) is 7.52. The highest BCUT2D eigenvalue weighted by Gasteiger charge is 2.36. The van der Waals surface area contributed by atoms with Gasteiger partial charge in [-0.1, -0.05) is 77.2 Å². The van der Waals surface area contributed by atoms with Crippen molar-refractivity contribution in [3.63, 3.8) is 0 Å². The molecule has 0 N–H and O–H groups in total. The molecule has 0 heterocycles. The Labute approximate surface area is 201 Å². The van der Waals surface area contributed by atoms with Crippen LogP contribution in [-0.4, -0.2) is 0 Å². The third kappa shape index (κ3) is 6.49. The van der Waals surface area contributed by atoms with Gasteiger partial charge in [-0.2, -0.15) is 0 Å². The normalized spacial score (nSPS) is 32.3. The van der Waals surface area contributed by atoms with Gasteiger partial charge < -0.3 is 0 Å². The average Bonchev–Trinajstić information content (AvgIpc) is 2.83. The van der Waals surface area contributed by atoms with Crippen LogP contribution in [-0.2, 0) is 6.42 Å². The van der Waals surface area contributed by atoms with Crippen LogP contribution in [0.1, 0.15) is 120 Å². The molecule has 184 valence electrons. The number of allylic oxidation sites excluding steroid dienone is 1. The van der Waals surface area contributed by atoms with E-state index >= 15 is 0 Å². The molecular formula is C31H46F2. The molecule has 3 aliphatic carbocycles. The summed E-state index contributed by atoms with van der Waals surface area (Å²) in [4.78, 5) is 0. The lowest BCUT2D eigenvalue weighted by atomic mass is 9.63. The number of rotatable bonds is 9. The molecule has 1 aromatic carbocycles. The van der Waals surface area contributed by atoms with Crippen molar-refractivity contribution in [3.8, 4) is 0 Å². The summed E-state index contributed by atoms with van der Waals surface area (Å²) < 4.78 is 28.9. The van der Waals surface area contributed by atoms with Crippen molar-refractivity contribution in [1.29, 1.82) is 0 Å². The minimum Gasteiger partial charge on any atom is -0.207 e. The van der Waals surface area contributed by atoms with Gasteiger partial charge in [-0.25, -0.2) is 8.78 Å². The van der Waals surface area contributed by atoms with Crippen molar-refractivity contribution in [2.24, 2.45) is 29.6 Å². The van der Waals surface area contributed by atoms with E-state index in [9.17, 15) is 8.78 Å². The molecule has 0 bridgehead atoms. The van der Waals surface area contributed by atoms with Gasteiger partial charge in [0.15, 0.2) is 0 Å². The maximum atomic E-state index is 14.5. The molecule has 2 heteroatoms. The van der Waals surface area contributed by atoms with E-state index in [0.29, 0.717) is 5.92 Å². The molecule has 0 aliphatic heterocycles. The Balaban J connectivity index is 1.22. The lowest BCUT2D eigenvalue weighted by Crippen LogP contribution is -2.31. The highest BCUT2D eigenvalue weighted by atomic mass is 19.1.